The first-order valence-corrected chi connectivity index (χ1v) is 7.00. The summed E-state index contributed by atoms with van der Waals surface area (Å²) in [5.74, 6) is 0.669. The first-order valence-electron chi connectivity index (χ1n) is 6.63. The second kappa shape index (κ2) is 6.57. The van der Waals surface area contributed by atoms with Crippen molar-refractivity contribution in [2.24, 2.45) is 5.92 Å². The number of benzene rings is 1. The molecule has 1 aromatic carbocycles. The summed E-state index contributed by atoms with van der Waals surface area (Å²) in [5.41, 5.74) is 1.96. The van der Waals surface area contributed by atoms with E-state index in [2.05, 4.69) is 29.2 Å². The van der Waals surface area contributed by atoms with Gasteiger partial charge >= 0.3 is 0 Å². The van der Waals surface area contributed by atoms with Crippen LogP contribution in [0.25, 0.3) is 5.69 Å². The Morgan fingerprint density at radius 3 is 2.74 bits per heavy atom. The van der Waals surface area contributed by atoms with Crippen molar-refractivity contribution in [1.29, 1.82) is 0 Å². The van der Waals surface area contributed by atoms with Crippen LogP contribution in [0.4, 0.5) is 5.69 Å². The Labute approximate surface area is 118 Å². The van der Waals surface area contributed by atoms with E-state index in [9.17, 15) is 0 Å². The van der Waals surface area contributed by atoms with Crippen LogP contribution < -0.4 is 5.32 Å². The largest absolute Gasteiger partial charge is 0.383 e. The van der Waals surface area contributed by atoms with Crippen molar-refractivity contribution in [2.75, 3.05) is 11.9 Å². The molecule has 1 heterocycles. The third kappa shape index (κ3) is 3.47. The van der Waals surface area contributed by atoms with Gasteiger partial charge in [0.15, 0.2) is 0 Å². The molecule has 1 N–H and O–H groups in total. The fourth-order valence-corrected chi connectivity index (χ4v) is 2.19. The maximum absolute atomic E-state index is 6.08. The Hall–Kier alpha value is -1.55. The van der Waals surface area contributed by atoms with E-state index in [4.69, 9.17) is 11.6 Å². The smallest absolute Gasteiger partial charge is 0.138 e. The Balaban J connectivity index is 2.21. The zero-order chi connectivity index (χ0) is 13.7. The molecule has 5 heteroatoms. The van der Waals surface area contributed by atoms with Crippen molar-refractivity contribution in [1.82, 2.24) is 14.8 Å². The van der Waals surface area contributed by atoms with Crippen molar-refractivity contribution < 1.29 is 0 Å². The van der Waals surface area contributed by atoms with Gasteiger partial charge in [-0.25, -0.2) is 9.67 Å². The highest BCUT2D eigenvalue weighted by molar-refractivity contribution is 6.31. The van der Waals surface area contributed by atoms with Gasteiger partial charge in [0.1, 0.15) is 12.7 Å². The predicted octanol–water partition coefficient (Wildman–Crippen LogP) is 3.77. The van der Waals surface area contributed by atoms with Crippen LogP contribution in [0.3, 0.4) is 0 Å². The van der Waals surface area contributed by atoms with Crippen LogP contribution in [0.15, 0.2) is 30.9 Å². The average molecular weight is 279 g/mol. The highest BCUT2D eigenvalue weighted by atomic mass is 35.5. The second-order valence-electron chi connectivity index (χ2n) is 4.56. The molecule has 0 saturated heterocycles. The van der Waals surface area contributed by atoms with Gasteiger partial charge in [-0.15, -0.1) is 0 Å². The molecule has 2 rings (SSSR count). The van der Waals surface area contributed by atoms with Crippen LogP contribution in [0.1, 0.15) is 26.7 Å². The molecule has 102 valence electrons. The number of nitrogens with zero attached hydrogens (tertiary/aromatic N) is 3. The molecule has 0 aliphatic rings. The zero-order valence-corrected chi connectivity index (χ0v) is 12.1. The number of rotatable bonds is 6. The van der Waals surface area contributed by atoms with Gasteiger partial charge in [-0.3, -0.25) is 0 Å². The summed E-state index contributed by atoms with van der Waals surface area (Å²) in [6.07, 6.45) is 5.55. The molecule has 0 spiro atoms. The number of anilines is 1. The standard InChI is InChI=1S/C14H19ClN4/c1-3-11(4-2)8-17-13-7-12(15)5-6-14(13)19-10-16-9-18-19/h5-7,9-11,17H,3-4,8H2,1-2H3. The van der Waals surface area contributed by atoms with Crippen LogP contribution in [-0.4, -0.2) is 21.3 Å². The van der Waals surface area contributed by atoms with Crippen LogP contribution >= 0.6 is 11.6 Å². The summed E-state index contributed by atoms with van der Waals surface area (Å²) in [6, 6.07) is 5.74. The Morgan fingerprint density at radius 1 is 1.32 bits per heavy atom. The molecule has 0 atom stereocenters. The number of aromatic nitrogens is 3. The first kappa shape index (κ1) is 13.9. The van der Waals surface area contributed by atoms with Gasteiger partial charge in [0.25, 0.3) is 0 Å². The first-order chi connectivity index (χ1) is 9.24. The molecular formula is C14H19ClN4. The number of nitrogens with one attached hydrogen (secondary N) is 1. The lowest BCUT2D eigenvalue weighted by atomic mass is 10.0. The molecule has 0 fully saturated rings. The van der Waals surface area contributed by atoms with E-state index in [-0.39, 0.29) is 0 Å². The molecule has 0 amide bonds. The van der Waals surface area contributed by atoms with Crippen LogP contribution in [0, 0.1) is 5.92 Å². The molecule has 0 radical (unpaired) electrons. The number of hydrogen-bond donors (Lipinski definition) is 1. The van der Waals surface area contributed by atoms with E-state index in [1.807, 2.05) is 18.2 Å². The van der Waals surface area contributed by atoms with Crippen molar-refractivity contribution in [2.45, 2.75) is 26.7 Å². The third-order valence-electron chi connectivity index (χ3n) is 3.36. The fourth-order valence-electron chi connectivity index (χ4n) is 2.01. The summed E-state index contributed by atoms with van der Waals surface area (Å²) in [5, 5.41) is 8.36. The fraction of sp³-hybridized carbons (Fsp3) is 0.429. The zero-order valence-electron chi connectivity index (χ0n) is 11.3. The summed E-state index contributed by atoms with van der Waals surface area (Å²) in [6.45, 7) is 5.37. The average Bonchev–Trinajstić information content (AvgIpc) is 2.94. The molecule has 2 aromatic rings. The molecule has 4 nitrogen and oxygen atoms in total. The van der Waals surface area contributed by atoms with Gasteiger partial charge in [-0.1, -0.05) is 38.3 Å². The summed E-state index contributed by atoms with van der Waals surface area (Å²) < 4.78 is 1.74. The van der Waals surface area contributed by atoms with Crippen molar-refractivity contribution in [3.8, 4) is 5.69 Å². The van der Waals surface area contributed by atoms with Crippen LogP contribution in [-0.2, 0) is 0 Å². The third-order valence-corrected chi connectivity index (χ3v) is 3.60. The minimum absolute atomic E-state index is 0.669. The van der Waals surface area contributed by atoms with E-state index >= 15 is 0 Å². The topological polar surface area (TPSA) is 42.7 Å². The Bertz CT molecular complexity index is 506. The molecule has 1 aromatic heterocycles. The van der Waals surface area contributed by atoms with Gasteiger partial charge in [-0.2, -0.15) is 5.10 Å². The summed E-state index contributed by atoms with van der Waals surface area (Å²) in [4.78, 5) is 3.98. The predicted molar refractivity (Wildman–Crippen MR) is 78.9 cm³/mol. The SMILES string of the molecule is CCC(CC)CNc1cc(Cl)ccc1-n1cncn1. The van der Waals surface area contributed by atoms with E-state index in [0.29, 0.717) is 5.92 Å². The molecule has 0 bridgehead atoms. The Morgan fingerprint density at radius 2 is 2.11 bits per heavy atom. The Kier molecular flexibility index (Phi) is 4.80. The molecule has 19 heavy (non-hydrogen) atoms. The highest BCUT2D eigenvalue weighted by Gasteiger charge is 2.08. The normalized spacial score (nSPS) is 10.9. The minimum Gasteiger partial charge on any atom is -0.383 e. The lowest BCUT2D eigenvalue weighted by molar-refractivity contribution is 0.519. The van der Waals surface area contributed by atoms with E-state index < -0.39 is 0 Å². The lowest BCUT2D eigenvalue weighted by Gasteiger charge is -2.17. The van der Waals surface area contributed by atoms with E-state index in [1.165, 1.54) is 19.2 Å². The molecular weight excluding hydrogens is 260 g/mol. The maximum Gasteiger partial charge on any atom is 0.138 e. The van der Waals surface area contributed by atoms with Crippen LogP contribution in [0.2, 0.25) is 5.02 Å². The van der Waals surface area contributed by atoms with Gasteiger partial charge in [0.2, 0.25) is 0 Å². The van der Waals surface area contributed by atoms with Crippen molar-refractivity contribution in [3.63, 3.8) is 0 Å². The molecule has 0 aliphatic heterocycles. The highest BCUT2D eigenvalue weighted by Crippen LogP contribution is 2.24. The van der Waals surface area contributed by atoms with Crippen molar-refractivity contribution >= 4 is 17.3 Å². The molecule has 0 aliphatic carbocycles. The monoisotopic (exact) mass is 278 g/mol. The summed E-state index contributed by atoms with van der Waals surface area (Å²) >= 11 is 6.08. The van der Waals surface area contributed by atoms with Gasteiger partial charge < -0.3 is 5.32 Å². The number of halogens is 1. The maximum atomic E-state index is 6.08. The summed E-state index contributed by atoms with van der Waals surface area (Å²) in [7, 11) is 0. The number of hydrogen-bond acceptors (Lipinski definition) is 3. The van der Waals surface area contributed by atoms with E-state index in [1.54, 1.807) is 11.0 Å². The minimum atomic E-state index is 0.669. The quantitative estimate of drug-likeness (QED) is 0.875. The molecule has 0 unspecified atom stereocenters. The molecule has 0 saturated carbocycles. The van der Waals surface area contributed by atoms with Gasteiger partial charge in [-0.05, 0) is 24.1 Å². The lowest BCUT2D eigenvalue weighted by Crippen LogP contribution is -2.14. The van der Waals surface area contributed by atoms with Gasteiger partial charge in [0, 0.05) is 11.6 Å². The van der Waals surface area contributed by atoms with E-state index in [0.717, 1.165) is 22.9 Å². The van der Waals surface area contributed by atoms with Gasteiger partial charge in [0.05, 0.1) is 11.4 Å². The van der Waals surface area contributed by atoms with Crippen LogP contribution in [0.5, 0.6) is 0 Å². The second-order valence-corrected chi connectivity index (χ2v) is 5.00. The van der Waals surface area contributed by atoms with Crippen molar-refractivity contribution in [3.05, 3.63) is 35.9 Å².